The van der Waals surface area contributed by atoms with Gasteiger partial charge in [-0.05, 0) is 6.42 Å². The van der Waals surface area contributed by atoms with Crippen LogP contribution in [-0.4, -0.2) is 93.6 Å². The third-order valence-corrected chi connectivity index (χ3v) is 4.89. The van der Waals surface area contributed by atoms with Crippen LogP contribution in [0.25, 0.3) is 0 Å². The average Bonchev–Trinajstić information content (AvgIpc) is 3.09. The molecular weight excluding hydrogens is 396 g/mol. The summed E-state index contributed by atoms with van der Waals surface area (Å²) in [5.74, 6) is -0.343. The van der Waals surface area contributed by atoms with Crippen LogP contribution in [0, 0.1) is 0 Å². The highest BCUT2D eigenvalue weighted by atomic mass is 16.6. The smallest absolute Gasteiger partial charge is 0.305 e. The standard InChI is InChI=1S/C18H34O6.C3H8O3/c1-2-3-4-5-6-7-8-9-10-11-16(21)23-13-15(20)18-17(22)14(19)12-24-18;4-1-3(6)2-5/h14-15,17-20,22H,2-13H2,1H3;3-6H,1-2H2/t14-,15+,17+,18+;/m0./s1. The monoisotopic (exact) mass is 438 g/mol. The molecule has 0 amide bonds. The minimum Gasteiger partial charge on any atom is -0.463 e. The summed E-state index contributed by atoms with van der Waals surface area (Å²) >= 11 is 0. The third kappa shape index (κ3) is 14.2. The Kier molecular flexibility index (Phi) is 18.4. The fraction of sp³-hybridized carbons (Fsp3) is 0.952. The molecule has 0 aliphatic carbocycles. The molecule has 0 radical (unpaired) electrons. The van der Waals surface area contributed by atoms with E-state index in [-0.39, 0.29) is 32.4 Å². The quantitative estimate of drug-likeness (QED) is 0.156. The van der Waals surface area contributed by atoms with Crippen LogP contribution in [0.2, 0.25) is 0 Å². The van der Waals surface area contributed by atoms with Crippen molar-refractivity contribution < 1.29 is 44.9 Å². The molecule has 0 spiro atoms. The number of esters is 1. The van der Waals surface area contributed by atoms with Gasteiger partial charge in [-0.1, -0.05) is 58.3 Å². The maximum Gasteiger partial charge on any atom is 0.305 e. The average molecular weight is 439 g/mol. The summed E-state index contributed by atoms with van der Waals surface area (Å²) in [5.41, 5.74) is 0. The highest BCUT2D eigenvalue weighted by Gasteiger charge is 2.39. The lowest BCUT2D eigenvalue weighted by Gasteiger charge is -2.20. The van der Waals surface area contributed by atoms with E-state index in [0.717, 1.165) is 19.3 Å². The number of aliphatic hydroxyl groups is 6. The van der Waals surface area contributed by atoms with Crippen molar-refractivity contribution in [1.29, 1.82) is 0 Å². The van der Waals surface area contributed by atoms with Crippen LogP contribution >= 0.6 is 0 Å². The van der Waals surface area contributed by atoms with Gasteiger partial charge in [0.1, 0.15) is 37.1 Å². The molecule has 1 fully saturated rings. The third-order valence-electron chi connectivity index (χ3n) is 4.89. The molecule has 0 aromatic rings. The molecule has 6 N–H and O–H groups in total. The Labute approximate surface area is 179 Å². The molecule has 1 heterocycles. The van der Waals surface area contributed by atoms with Gasteiger partial charge in [0, 0.05) is 6.42 Å². The second kappa shape index (κ2) is 18.9. The van der Waals surface area contributed by atoms with E-state index in [2.05, 4.69) is 6.92 Å². The zero-order valence-corrected chi connectivity index (χ0v) is 18.2. The Morgan fingerprint density at radius 3 is 1.93 bits per heavy atom. The van der Waals surface area contributed by atoms with Crippen molar-refractivity contribution in [1.82, 2.24) is 0 Å². The number of hydrogen-bond acceptors (Lipinski definition) is 9. The number of aliphatic hydroxyl groups excluding tert-OH is 6. The first-order chi connectivity index (χ1) is 14.4. The van der Waals surface area contributed by atoms with E-state index in [1.54, 1.807) is 0 Å². The Morgan fingerprint density at radius 1 is 0.967 bits per heavy atom. The van der Waals surface area contributed by atoms with Crippen LogP contribution in [-0.2, 0) is 14.3 Å². The molecule has 1 aliphatic rings. The van der Waals surface area contributed by atoms with Crippen molar-refractivity contribution in [2.24, 2.45) is 0 Å². The van der Waals surface area contributed by atoms with Gasteiger partial charge in [-0.25, -0.2) is 0 Å². The Hall–Kier alpha value is -0.810. The first-order valence-electron chi connectivity index (χ1n) is 11.1. The number of rotatable bonds is 15. The van der Waals surface area contributed by atoms with E-state index in [4.69, 9.17) is 24.8 Å². The topological polar surface area (TPSA) is 157 Å². The minimum atomic E-state index is -1.14. The van der Waals surface area contributed by atoms with Crippen LogP contribution < -0.4 is 0 Å². The number of hydrogen-bond donors (Lipinski definition) is 6. The van der Waals surface area contributed by atoms with E-state index in [1.165, 1.54) is 38.5 Å². The van der Waals surface area contributed by atoms with Crippen molar-refractivity contribution in [2.75, 3.05) is 26.4 Å². The van der Waals surface area contributed by atoms with Crippen LogP contribution in [0.3, 0.4) is 0 Å². The lowest BCUT2D eigenvalue weighted by atomic mass is 10.1. The maximum absolute atomic E-state index is 11.6. The molecule has 1 saturated heterocycles. The van der Waals surface area contributed by atoms with E-state index in [9.17, 15) is 20.1 Å². The number of carbonyl (C=O) groups is 1. The summed E-state index contributed by atoms with van der Waals surface area (Å²) in [6.45, 7) is 1.25. The zero-order chi connectivity index (χ0) is 22.8. The summed E-state index contributed by atoms with van der Waals surface area (Å²) in [7, 11) is 0. The minimum absolute atomic E-state index is 0.0186. The maximum atomic E-state index is 11.6. The summed E-state index contributed by atoms with van der Waals surface area (Å²) in [4.78, 5) is 11.6. The van der Waals surface area contributed by atoms with Crippen molar-refractivity contribution in [3.05, 3.63) is 0 Å². The van der Waals surface area contributed by atoms with Gasteiger partial charge in [0.15, 0.2) is 0 Å². The molecule has 9 heteroatoms. The Balaban J connectivity index is 0.00000122. The van der Waals surface area contributed by atoms with E-state index < -0.39 is 30.5 Å². The molecule has 1 aliphatic heterocycles. The van der Waals surface area contributed by atoms with Gasteiger partial charge in [-0.15, -0.1) is 0 Å². The normalized spacial score (nSPS) is 21.9. The first kappa shape index (κ1) is 29.2. The predicted molar refractivity (Wildman–Crippen MR) is 111 cm³/mol. The van der Waals surface area contributed by atoms with Crippen molar-refractivity contribution in [3.8, 4) is 0 Å². The van der Waals surface area contributed by atoms with Crippen LogP contribution in [0.4, 0.5) is 0 Å². The number of ether oxygens (including phenoxy) is 2. The molecule has 30 heavy (non-hydrogen) atoms. The molecule has 180 valence electrons. The van der Waals surface area contributed by atoms with E-state index in [1.807, 2.05) is 0 Å². The molecule has 0 saturated carbocycles. The van der Waals surface area contributed by atoms with Gasteiger partial charge < -0.3 is 40.1 Å². The van der Waals surface area contributed by atoms with E-state index in [0.29, 0.717) is 6.42 Å². The fourth-order valence-corrected chi connectivity index (χ4v) is 2.95. The van der Waals surface area contributed by atoms with Gasteiger partial charge in [0.25, 0.3) is 0 Å². The highest BCUT2D eigenvalue weighted by molar-refractivity contribution is 5.69. The van der Waals surface area contributed by atoms with Crippen LogP contribution in [0.5, 0.6) is 0 Å². The van der Waals surface area contributed by atoms with Gasteiger partial charge in [0.2, 0.25) is 0 Å². The Bertz CT molecular complexity index is 404. The molecule has 0 aromatic heterocycles. The second-order valence-electron chi connectivity index (χ2n) is 7.70. The summed E-state index contributed by atoms with van der Waals surface area (Å²) in [6.07, 6.45) is 5.88. The summed E-state index contributed by atoms with van der Waals surface area (Å²) in [6, 6.07) is 0. The van der Waals surface area contributed by atoms with Crippen LogP contribution in [0.15, 0.2) is 0 Å². The molecule has 0 bridgehead atoms. The van der Waals surface area contributed by atoms with Crippen molar-refractivity contribution >= 4 is 5.97 Å². The van der Waals surface area contributed by atoms with Gasteiger partial charge in [0.05, 0.1) is 19.8 Å². The van der Waals surface area contributed by atoms with Crippen LogP contribution in [0.1, 0.15) is 71.1 Å². The zero-order valence-electron chi connectivity index (χ0n) is 18.2. The predicted octanol–water partition coefficient (Wildman–Crippen LogP) is 0.264. The van der Waals surface area contributed by atoms with Gasteiger partial charge >= 0.3 is 5.97 Å². The highest BCUT2D eigenvalue weighted by Crippen LogP contribution is 2.18. The largest absolute Gasteiger partial charge is 0.463 e. The van der Waals surface area contributed by atoms with E-state index >= 15 is 0 Å². The summed E-state index contributed by atoms with van der Waals surface area (Å²) < 4.78 is 10.1. The molecule has 1 rings (SSSR count). The molecule has 4 atom stereocenters. The Morgan fingerprint density at radius 2 is 1.50 bits per heavy atom. The lowest BCUT2D eigenvalue weighted by molar-refractivity contribution is -0.151. The van der Waals surface area contributed by atoms with Crippen molar-refractivity contribution in [2.45, 2.75) is 102 Å². The number of carbonyl (C=O) groups excluding carboxylic acids is 1. The van der Waals surface area contributed by atoms with Gasteiger partial charge in [-0.3, -0.25) is 4.79 Å². The molecule has 0 unspecified atom stereocenters. The van der Waals surface area contributed by atoms with Gasteiger partial charge in [-0.2, -0.15) is 0 Å². The second-order valence-corrected chi connectivity index (χ2v) is 7.70. The first-order valence-corrected chi connectivity index (χ1v) is 11.1. The van der Waals surface area contributed by atoms with Crippen molar-refractivity contribution in [3.63, 3.8) is 0 Å². The molecule has 0 aromatic carbocycles. The molecular formula is C21H42O9. The fourth-order valence-electron chi connectivity index (χ4n) is 2.95. The molecule has 9 nitrogen and oxygen atoms in total. The SMILES string of the molecule is CCCCCCCCCCCC(=O)OC[C@@H](O)[C@H]1OC[C@H](O)[C@H]1O.OCC(O)CO. The summed E-state index contributed by atoms with van der Waals surface area (Å²) in [5, 5.41) is 52.8. The number of unbranched alkanes of at least 4 members (excludes halogenated alkanes) is 8. The lowest BCUT2D eigenvalue weighted by Crippen LogP contribution is -2.41.